The van der Waals surface area contributed by atoms with Gasteiger partial charge in [-0.05, 0) is 47.5 Å². The molecule has 0 bridgehead atoms. The highest BCUT2D eigenvalue weighted by Crippen LogP contribution is 2.30. The molecule has 0 N–H and O–H groups in total. The first-order valence-corrected chi connectivity index (χ1v) is 7.99. The molecule has 122 valence electrons. The van der Waals surface area contributed by atoms with Crippen LogP contribution in [0.4, 0.5) is 13.2 Å². The molecule has 0 atom stereocenters. The summed E-state index contributed by atoms with van der Waals surface area (Å²) in [6.45, 7) is 0. The largest absolute Gasteiger partial charge is 0.458 e. The summed E-state index contributed by atoms with van der Waals surface area (Å²) in [5.41, 5.74) is 1.04. The summed E-state index contributed by atoms with van der Waals surface area (Å²) in [6.07, 6.45) is 0.974. The molecule has 0 aliphatic rings. The lowest BCUT2D eigenvalue weighted by atomic mass is 10.1. The molecule has 0 amide bonds. The molecule has 0 spiro atoms. The second kappa shape index (κ2) is 7.01. The summed E-state index contributed by atoms with van der Waals surface area (Å²) in [6, 6.07) is 16.6. The second-order valence-electron chi connectivity index (χ2n) is 5.06. The molecule has 0 saturated carbocycles. The van der Waals surface area contributed by atoms with E-state index in [1.807, 2.05) is 42.5 Å². The molecule has 3 aromatic rings. The Morgan fingerprint density at radius 3 is 2.25 bits per heavy atom. The van der Waals surface area contributed by atoms with E-state index in [1.54, 1.807) is 12.3 Å². The Morgan fingerprint density at radius 2 is 1.58 bits per heavy atom. The zero-order valence-electron chi connectivity index (χ0n) is 12.5. The molecule has 0 saturated heterocycles. The van der Waals surface area contributed by atoms with Crippen LogP contribution in [0.1, 0.15) is 16.7 Å². The van der Waals surface area contributed by atoms with Gasteiger partial charge in [-0.1, -0.05) is 48.2 Å². The lowest BCUT2D eigenvalue weighted by Gasteiger charge is -2.06. The van der Waals surface area contributed by atoms with Gasteiger partial charge in [0.05, 0.1) is 11.8 Å². The van der Waals surface area contributed by atoms with E-state index in [-0.39, 0.29) is 0 Å². The Morgan fingerprint density at radius 1 is 0.833 bits per heavy atom. The van der Waals surface area contributed by atoms with Crippen LogP contribution in [0.3, 0.4) is 0 Å². The Labute approximate surface area is 141 Å². The van der Waals surface area contributed by atoms with Gasteiger partial charge in [0.1, 0.15) is 0 Å². The minimum absolute atomic E-state index is 0.642. The van der Waals surface area contributed by atoms with Gasteiger partial charge in [-0.25, -0.2) is 0 Å². The zero-order chi connectivity index (χ0) is 17.0. The molecular formula is C19H13F3OS. The molecular weight excluding hydrogens is 333 g/mol. The first-order valence-electron chi connectivity index (χ1n) is 7.17. The fraction of sp³-hybridized carbons (Fsp3) is 0.0526. The van der Waals surface area contributed by atoms with Gasteiger partial charge >= 0.3 is 6.18 Å². The van der Waals surface area contributed by atoms with Crippen molar-refractivity contribution in [3.63, 3.8) is 0 Å². The van der Waals surface area contributed by atoms with Crippen LogP contribution in [0.25, 0.3) is 12.2 Å². The Hall–Kier alpha value is -2.40. The minimum atomic E-state index is -4.31. The second-order valence-corrected chi connectivity index (χ2v) is 6.14. The van der Waals surface area contributed by atoms with Crippen molar-refractivity contribution < 1.29 is 17.6 Å². The van der Waals surface area contributed by atoms with Crippen LogP contribution < -0.4 is 0 Å². The molecule has 5 heteroatoms. The summed E-state index contributed by atoms with van der Waals surface area (Å²) in [4.78, 5) is 1.03. The van der Waals surface area contributed by atoms with Crippen LogP contribution in [-0.4, -0.2) is 0 Å². The van der Waals surface area contributed by atoms with Gasteiger partial charge in [0.25, 0.3) is 0 Å². The van der Waals surface area contributed by atoms with E-state index in [1.165, 1.54) is 23.9 Å². The standard InChI is InChI=1S/C19H13F3OS/c20-19(21,22)16-10-8-14(9-11-16)6-7-15-3-1-4-17(13-15)24-18-5-2-12-23-18/h1-13H/b7-6+. The number of benzene rings is 2. The molecule has 0 aliphatic carbocycles. The summed E-state index contributed by atoms with van der Waals surface area (Å²) in [5, 5.41) is 0.805. The number of rotatable bonds is 4. The fourth-order valence-corrected chi connectivity index (χ4v) is 2.92. The minimum Gasteiger partial charge on any atom is -0.458 e. The van der Waals surface area contributed by atoms with Gasteiger partial charge in [0.15, 0.2) is 5.09 Å². The van der Waals surface area contributed by atoms with E-state index in [9.17, 15) is 13.2 Å². The lowest BCUT2D eigenvalue weighted by molar-refractivity contribution is -0.137. The van der Waals surface area contributed by atoms with E-state index < -0.39 is 11.7 Å². The van der Waals surface area contributed by atoms with Gasteiger partial charge in [0.2, 0.25) is 0 Å². The van der Waals surface area contributed by atoms with Crippen LogP contribution in [0.15, 0.2) is 81.3 Å². The number of furan rings is 1. The van der Waals surface area contributed by atoms with Gasteiger partial charge < -0.3 is 4.42 Å². The molecule has 24 heavy (non-hydrogen) atoms. The molecule has 3 rings (SSSR count). The van der Waals surface area contributed by atoms with Crippen molar-refractivity contribution in [1.82, 2.24) is 0 Å². The summed E-state index contributed by atoms with van der Waals surface area (Å²) in [5.74, 6) is 0. The highest BCUT2D eigenvalue weighted by Gasteiger charge is 2.29. The Balaban J connectivity index is 1.72. The average Bonchev–Trinajstić information content (AvgIpc) is 3.06. The van der Waals surface area contributed by atoms with E-state index >= 15 is 0 Å². The average molecular weight is 346 g/mol. The third-order valence-corrected chi connectivity index (χ3v) is 4.20. The maximum atomic E-state index is 12.5. The number of hydrogen-bond acceptors (Lipinski definition) is 2. The Kier molecular flexibility index (Phi) is 4.81. The van der Waals surface area contributed by atoms with E-state index in [0.717, 1.165) is 27.7 Å². The number of alkyl halides is 3. The maximum absolute atomic E-state index is 12.5. The topological polar surface area (TPSA) is 13.1 Å². The number of halogens is 3. The molecule has 0 aliphatic heterocycles. The monoisotopic (exact) mass is 346 g/mol. The van der Waals surface area contributed by atoms with Crippen LogP contribution in [0.5, 0.6) is 0 Å². The summed E-state index contributed by atoms with van der Waals surface area (Å²) in [7, 11) is 0. The quantitative estimate of drug-likeness (QED) is 0.492. The smallest absolute Gasteiger partial charge is 0.416 e. The fourth-order valence-electron chi connectivity index (χ4n) is 2.10. The molecule has 2 aromatic carbocycles. The molecule has 1 nitrogen and oxygen atoms in total. The third kappa shape index (κ3) is 4.32. The van der Waals surface area contributed by atoms with Crippen molar-refractivity contribution in [2.75, 3.05) is 0 Å². The number of hydrogen-bond donors (Lipinski definition) is 0. The van der Waals surface area contributed by atoms with E-state index in [0.29, 0.717) is 5.56 Å². The molecule has 1 heterocycles. The third-order valence-electron chi connectivity index (χ3n) is 3.28. The van der Waals surface area contributed by atoms with Crippen LogP contribution in [0.2, 0.25) is 0 Å². The Bertz CT molecular complexity index is 819. The highest BCUT2D eigenvalue weighted by molar-refractivity contribution is 7.99. The van der Waals surface area contributed by atoms with Gasteiger partial charge in [-0.3, -0.25) is 0 Å². The van der Waals surface area contributed by atoms with Crippen molar-refractivity contribution >= 4 is 23.9 Å². The predicted molar refractivity (Wildman–Crippen MR) is 89.6 cm³/mol. The van der Waals surface area contributed by atoms with E-state index in [2.05, 4.69) is 0 Å². The predicted octanol–water partition coefficient (Wildman–Crippen LogP) is 6.62. The van der Waals surface area contributed by atoms with Crippen LogP contribution >= 0.6 is 11.8 Å². The normalized spacial score (nSPS) is 12.0. The molecule has 0 unspecified atom stereocenters. The van der Waals surface area contributed by atoms with Crippen molar-refractivity contribution in [3.8, 4) is 0 Å². The van der Waals surface area contributed by atoms with Crippen LogP contribution in [0, 0.1) is 0 Å². The lowest BCUT2D eigenvalue weighted by Crippen LogP contribution is -2.03. The SMILES string of the molecule is FC(F)(F)c1ccc(/C=C/c2cccc(Sc3ccco3)c2)cc1. The summed E-state index contributed by atoms with van der Waals surface area (Å²) < 4.78 is 42.9. The molecule has 0 fully saturated rings. The molecule has 0 radical (unpaired) electrons. The molecule has 1 aromatic heterocycles. The first kappa shape index (κ1) is 16.5. The van der Waals surface area contributed by atoms with Gasteiger partial charge in [0, 0.05) is 4.90 Å². The van der Waals surface area contributed by atoms with Crippen molar-refractivity contribution in [3.05, 3.63) is 83.6 Å². The highest BCUT2D eigenvalue weighted by atomic mass is 32.2. The van der Waals surface area contributed by atoms with Gasteiger partial charge in [-0.15, -0.1) is 0 Å². The van der Waals surface area contributed by atoms with Crippen molar-refractivity contribution in [2.24, 2.45) is 0 Å². The van der Waals surface area contributed by atoms with E-state index in [4.69, 9.17) is 4.42 Å². The van der Waals surface area contributed by atoms with Crippen molar-refractivity contribution in [1.29, 1.82) is 0 Å². The summed E-state index contributed by atoms with van der Waals surface area (Å²) >= 11 is 1.51. The van der Waals surface area contributed by atoms with Crippen molar-refractivity contribution in [2.45, 2.75) is 16.2 Å². The van der Waals surface area contributed by atoms with Crippen LogP contribution in [-0.2, 0) is 6.18 Å². The first-order chi connectivity index (χ1) is 11.5. The van der Waals surface area contributed by atoms with Gasteiger partial charge in [-0.2, -0.15) is 13.2 Å². The zero-order valence-corrected chi connectivity index (χ0v) is 13.3. The maximum Gasteiger partial charge on any atom is 0.416 e.